The van der Waals surface area contributed by atoms with Crippen LogP contribution in [0.4, 0.5) is 5.69 Å². The SMILES string of the molecule is C=CCNS(=O)(=O)c1ccc(N2C(N)=C(C#N)C(c3ccccc3)C(C(=O)OC)=C2C(=O)OC)cc1. The highest BCUT2D eigenvalue weighted by molar-refractivity contribution is 7.89. The Morgan fingerprint density at radius 2 is 1.72 bits per heavy atom. The highest BCUT2D eigenvalue weighted by Gasteiger charge is 2.43. The predicted molar refractivity (Wildman–Crippen MR) is 131 cm³/mol. The normalized spacial score (nSPS) is 15.8. The van der Waals surface area contributed by atoms with E-state index in [1.807, 2.05) is 0 Å². The quantitative estimate of drug-likeness (QED) is 0.403. The lowest BCUT2D eigenvalue weighted by Crippen LogP contribution is -2.40. The monoisotopic (exact) mass is 508 g/mol. The number of ether oxygens (including phenoxy) is 2. The summed E-state index contributed by atoms with van der Waals surface area (Å²) in [5.74, 6) is -2.89. The lowest BCUT2D eigenvalue weighted by atomic mass is 9.81. The molecule has 0 saturated heterocycles. The second-order valence-corrected chi connectivity index (χ2v) is 9.24. The van der Waals surface area contributed by atoms with Gasteiger partial charge in [0.1, 0.15) is 11.5 Å². The van der Waals surface area contributed by atoms with Crippen molar-refractivity contribution in [1.82, 2.24) is 4.72 Å². The van der Waals surface area contributed by atoms with Gasteiger partial charge in [-0.05, 0) is 29.8 Å². The van der Waals surface area contributed by atoms with Crippen molar-refractivity contribution in [1.29, 1.82) is 5.26 Å². The first-order valence-electron chi connectivity index (χ1n) is 10.6. The second kappa shape index (κ2) is 10.9. The van der Waals surface area contributed by atoms with Crippen molar-refractivity contribution in [2.75, 3.05) is 25.7 Å². The van der Waals surface area contributed by atoms with Gasteiger partial charge in [0.2, 0.25) is 10.0 Å². The summed E-state index contributed by atoms with van der Waals surface area (Å²) in [4.78, 5) is 27.2. The first kappa shape index (κ1) is 26.2. The fraction of sp³-hybridized carbons (Fsp3) is 0.160. The summed E-state index contributed by atoms with van der Waals surface area (Å²) >= 11 is 0. The Bertz CT molecular complexity index is 1390. The summed E-state index contributed by atoms with van der Waals surface area (Å²) in [5, 5.41) is 10.0. The molecule has 1 aliphatic rings. The van der Waals surface area contributed by atoms with E-state index < -0.39 is 27.9 Å². The lowest BCUT2D eigenvalue weighted by Gasteiger charge is -2.35. The van der Waals surface area contributed by atoms with Gasteiger partial charge in [0.25, 0.3) is 0 Å². The Morgan fingerprint density at radius 1 is 1.11 bits per heavy atom. The third kappa shape index (κ3) is 4.86. The third-order valence-corrected chi connectivity index (χ3v) is 6.87. The van der Waals surface area contributed by atoms with Crippen molar-refractivity contribution in [3.8, 4) is 6.07 Å². The molecule has 1 atom stereocenters. The van der Waals surface area contributed by atoms with Gasteiger partial charge in [0.15, 0.2) is 0 Å². The molecule has 1 unspecified atom stereocenters. The zero-order chi connectivity index (χ0) is 26.5. The van der Waals surface area contributed by atoms with Crippen LogP contribution in [-0.4, -0.2) is 41.1 Å². The predicted octanol–water partition coefficient (Wildman–Crippen LogP) is 2.05. The van der Waals surface area contributed by atoms with Crippen LogP contribution in [0.5, 0.6) is 0 Å². The third-order valence-electron chi connectivity index (χ3n) is 5.43. The summed E-state index contributed by atoms with van der Waals surface area (Å²) in [6, 6.07) is 16.0. The van der Waals surface area contributed by atoms with E-state index in [-0.39, 0.29) is 39.8 Å². The van der Waals surface area contributed by atoms with Crippen molar-refractivity contribution in [2.45, 2.75) is 10.8 Å². The van der Waals surface area contributed by atoms with E-state index in [0.717, 1.165) is 14.2 Å². The number of nitriles is 1. The highest BCUT2D eigenvalue weighted by Crippen LogP contribution is 2.43. The molecule has 0 saturated carbocycles. The topological polar surface area (TPSA) is 152 Å². The molecule has 36 heavy (non-hydrogen) atoms. The number of allylic oxidation sites excluding steroid dienone is 1. The summed E-state index contributed by atoms with van der Waals surface area (Å²) in [6.07, 6.45) is 1.40. The first-order valence-corrected chi connectivity index (χ1v) is 12.1. The number of methoxy groups -OCH3 is 2. The number of nitrogens with two attached hydrogens (primary N) is 1. The fourth-order valence-electron chi connectivity index (χ4n) is 3.81. The van der Waals surface area contributed by atoms with E-state index in [2.05, 4.69) is 17.4 Å². The van der Waals surface area contributed by atoms with Gasteiger partial charge >= 0.3 is 11.9 Å². The molecule has 0 amide bonds. The van der Waals surface area contributed by atoms with Crippen LogP contribution >= 0.6 is 0 Å². The van der Waals surface area contributed by atoms with Gasteiger partial charge in [-0.1, -0.05) is 36.4 Å². The molecule has 11 heteroatoms. The summed E-state index contributed by atoms with van der Waals surface area (Å²) in [5.41, 5.74) is 6.77. The smallest absolute Gasteiger partial charge is 0.355 e. The van der Waals surface area contributed by atoms with Gasteiger partial charge in [-0.3, -0.25) is 4.90 Å². The lowest BCUT2D eigenvalue weighted by molar-refractivity contribution is -0.139. The Balaban J connectivity index is 2.28. The molecule has 1 heterocycles. The number of nitrogens with one attached hydrogen (secondary N) is 1. The Morgan fingerprint density at radius 3 is 2.25 bits per heavy atom. The molecule has 3 rings (SSSR count). The van der Waals surface area contributed by atoms with Crippen LogP contribution in [0.25, 0.3) is 0 Å². The van der Waals surface area contributed by atoms with Crippen LogP contribution in [0.15, 0.2) is 94.8 Å². The standard InChI is InChI=1S/C25H24N4O6S/c1-4-14-28-36(32,33)18-12-10-17(11-13-18)29-22(25(31)35-3)21(24(30)34-2)20(19(15-26)23(29)27)16-8-6-5-7-9-16/h4-13,20,28H,1,14,27H2,2-3H3. The number of hydrogen-bond donors (Lipinski definition) is 2. The van der Waals surface area contributed by atoms with E-state index in [9.17, 15) is 23.3 Å². The average molecular weight is 509 g/mol. The largest absolute Gasteiger partial charge is 0.466 e. The van der Waals surface area contributed by atoms with E-state index in [1.54, 1.807) is 30.3 Å². The van der Waals surface area contributed by atoms with Crippen molar-refractivity contribution in [3.63, 3.8) is 0 Å². The van der Waals surface area contributed by atoms with Crippen LogP contribution in [0.2, 0.25) is 0 Å². The van der Waals surface area contributed by atoms with Crippen LogP contribution in [0.3, 0.4) is 0 Å². The first-order chi connectivity index (χ1) is 17.2. The number of anilines is 1. The molecule has 0 spiro atoms. The van der Waals surface area contributed by atoms with Crippen molar-refractivity contribution in [2.24, 2.45) is 5.73 Å². The molecule has 0 bridgehead atoms. The number of carbonyl (C=O) groups is 2. The van der Waals surface area contributed by atoms with Gasteiger partial charge < -0.3 is 15.2 Å². The number of rotatable bonds is 8. The summed E-state index contributed by atoms with van der Waals surface area (Å²) in [6.45, 7) is 3.52. The maximum absolute atomic E-state index is 13.0. The van der Waals surface area contributed by atoms with Crippen LogP contribution in [-0.2, 0) is 29.1 Å². The molecule has 10 nitrogen and oxygen atoms in total. The van der Waals surface area contributed by atoms with Gasteiger partial charge in [-0.15, -0.1) is 6.58 Å². The second-order valence-electron chi connectivity index (χ2n) is 7.47. The molecule has 3 N–H and O–H groups in total. The van der Waals surface area contributed by atoms with E-state index in [4.69, 9.17) is 15.2 Å². The van der Waals surface area contributed by atoms with Crippen LogP contribution in [0, 0.1) is 11.3 Å². The van der Waals surface area contributed by atoms with Gasteiger partial charge in [-0.2, -0.15) is 5.26 Å². The highest BCUT2D eigenvalue weighted by atomic mass is 32.2. The maximum atomic E-state index is 13.0. The zero-order valence-electron chi connectivity index (χ0n) is 19.6. The van der Waals surface area contributed by atoms with Gasteiger partial charge in [-0.25, -0.2) is 22.7 Å². The Kier molecular flexibility index (Phi) is 7.93. The minimum absolute atomic E-state index is 0.00130. The molecule has 0 radical (unpaired) electrons. The molecule has 0 fully saturated rings. The number of sulfonamides is 1. The van der Waals surface area contributed by atoms with Crippen molar-refractivity contribution in [3.05, 3.63) is 95.5 Å². The number of carbonyl (C=O) groups excluding carboxylic acids is 2. The van der Waals surface area contributed by atoms with Gasteiger partial charge in [0, 0.05) is 12.2 Å². The molecular weight excluding hydrogens is 484 g/mol. The minimum atomic E-state index is -3.82. The molecule has 2 aromatic rings. The Hall–Kier alpha value is -4.40. The number of benzene rings is 2. The Labute approximate surface area is 209 Å². The van der Waals surface area contributed by atoms with E-state index >= 15 is 0 Å². The average Bonchev–Trinajstić information content (AvgIpc) is 2.90. The minimum Gasteiger partial charge on any atom is -0.466 e. The van der Waals surface area contributed by atoms with Crippen LogP contribution in [0.1, 0.15) is 11.5 Å². The summed E-state index contributed by atoms with van der Waals surface area (Å²) in [7, 11) is -1.53. The number of hydrogen-bond acceptors (Lipinski definition) is 9. The van der Waals surface area contributed by atoms with Gasteiger partial charge in [0.05, 0.1) is 42.2 Å². The zero-order valence-corrected chi connectivity index (χ0v) is 20.4. The van der Waals surface area contributed by atoms with E-state index in [1.165, 1.54) is 35.2 Å². The summed E-state index contributed by atoms with van der Waals surface area (Å²) < 4.78 is 37.2. The molecule has 2 aromatic carbocycles. The van der Waals surface area contributed by atoms with E-state index in [0.29, 0.717) is 5.56 Å². The number of nitrogens with zero attached hydrogens (tertiary/aromatic N) is 2. The molecular formula is C25H24N4O6S. The molecule has 1 aliphatic heterocycles. The number of esters is 2. The molecule has 186 valence electrons. The maximum Gasteiger partial charge on any atom is 0.355 e. The fourth-order valence-corrected chi connectivity index (χ4v) is 4.81. The molecule has 0 aromatic heterocycles. The van der Waals surface area contributed by atoms with Crippen molar-refractivity contribution >= 4 is 27.6 Å². The van der Waals surface area contributed by atoms with Crippen LogP contribution < -0.4 is 15.4 Å². The molecule has 0 aliphatic carbocycles. The van der Waals surface area contributed by atoms with Crippen molar-refractivity contribution < 1.29 is 27.5 Å².